The SMILES string of the molecule is CCC[CH2][Sn]([CH2]CCC)([CH2]CCC)[CH2]CCCNCCCN(C)C. The molecule has 1 N–H and O–H groups in total. The molecule has 0 aromatic heterocycles. The second-order valence-corrected chi connectivity index (χ2v) is 22.4. The molecule has 0 fully saturated rings. The predicted molar refractivity (Wildman–Crippen MR) is 115 cm³/mol. The van der Waals surface area contributed by atoms with Crippen molar-refractivity contribution in [3.63, 3.8) is 0 Å². The van der Waals surface area contributed by atoms with E-state index in [9.17, 15) is 0 Å². The van der Waals surface area contributed by atoms with E-state index < -0.39 is 18.4 Å². The van der Waals surface area contributed by atoms with E-state index in [1.807, 2.05) is 0 Å². The Morgan fingerprint density at radius 2 is 1.08 bits per heavy atom. The standard InChI is InChI=1S/C9H21N2.3C4H9.Sn/c1-4-5-7-10-8-6-9-11(2)3;3*1-3-4-2;/h10H,1,4-9H2,2-3H3;3*1,3-4H2,2H3;. The first-order valence-electron chi connectivity index (χ1n) is 11.0. The Balaban J connectivity index is 4.12. The summed E-state index contributed by atoms with van der Waals surface area (Å²) in [5.74, 6) is 0. The van der Waals surface area contributed by atoms with Gasteiger partial charge in [0, 0.05) is 0 Å². The van der Waals surface area contributed by atoms with Crippen LogP contribution >= 0.6 is 0 Å². The molecule has 0 unspecified atom stereocenters. The fraction of sp³-hybridized carbons (Fsp3) is 1.00. The second-order valence-electron chi connectivity index (χ2n) is 8.17. The normalized spacial score (nSPS) is 12.2. The van der Waals surface area contributed by atoms with Crippen LogP contribution < -0.4 is 5.32 Å². The van der Waals surface area contributed by atoms with Gasteiger partial charge in [0.2, 0.25) is 0 Å². The molecule has 0 saturated carbocycles. The first-order chi connectivity index (χ1) is 11.6. The Morgan fingerprint density at radius 3 is 1.54 bits per heavy atom. The van der Waals surface area contributed by atoms with E-state index in [1.165, 1.54) is 77.4 Å². The number of rotatable bonds is 18. The summed E-state index contributed by atoms with van der Waals surface area (Å²) in [6.07, 6.45) is 13.0. The molecule has 0 radical (unpaired) electrons. The van der Waals surface area contributed by atoms with Gasteiger partial charge < -0.3 is 0 Å². The van der Waals surface area contributed by atoms with Crippen molar-refractivity contribution in [2.24, 2.45) is 0 Å². The molecule has 0 aliphatic heterocycles. The van der Waals surface area contributed by atoms with E-state index in [2.05, 4.69) is 45.1 Å². The van der Waals surface area contributed by atoms with Crippen LogP contribution in [0.25, 0.3) is 0 Å². The topological polar surface area (TPSA) is 15.3 Å². The fourth-order valence-corrected chi connectivity index (χ4v) is 20.4. The Bertz CT molecular complexity index is 234. The van der Waals surface area contributed by atoms with Crippen molar-refractivity contribution >= 4 is 18.4 Å². The maximum atomic E-state index is 3.65. The van der Waals surface area contributed by atoms with Gasteiger partial charge in [-0.1, -0.05) is 0 Å². The molecule has 0 aromatic carbocycles. The summed E-state index contributed by atoms with van der Waals surface area (Å²) in [7, 11) is 4.32. The van der Waals surface area contributed by atoms with Crippen molar-refractivity contribution < 1.29 is 0 Å². The van der Waals surface area contributed by atoms with E-state index >= 15 is 0 Å². The monoisotopic (exact) mass is 448 g/mol. The zero-order valence-corrected chi connectivity index (χ0v) is 20.6. The van der Waals surface area contributed by atoms with Gasteiger partial charge in [0.05, 0.1) is 0 Å². The van der Waals surface area contributed by atoms with Gasteiger partial charge in [-0.2, -0.15) is 0 Å². The minimum absolute atomic E-state index is 1.19. The summed E-state index contributed by atoms with van der Waals surface area (Å²) in [5, 5.41) is 3.65. The van der Waals surface area contributed by atoms with Gasteiger partial charge in [0.15, 0.2) is 0 Å². The molecule has 146 valence electrons. The Morgan fingerprint density at radius 1 is 0.625 bits per heavy atom. The minimum atomic E-state index is -1.82. The summed E-state index contributed by atoms with van der Waals surface area (Å²) in [6, 6.07) is 0. The van der Waals surface area contributed by atoms with E-state index in [-0.39, 0.29) is 0 Å². The number of nitrogens with zero attached hydrogens (tertiary/aromatic N) is 1. The summed E-state index contributed by atoms with van der Waals surface area (Å²) in [6.45, 7) is 10.8. The van der Waals surface area contributed by atoms with E-state index in [0.717, 1.165) is 0 Å². The van der Waals surface area contributed by atoms with Crippen molar-refractivity contribution in [3.8, 4) is 0 Å². The third-order valence-electron chi connectivity index (χ3n) is 5.45. The molecule has 0 spiro atoms. The Labute approximate surface area is 158 Å². The van der Waals surface area contributed by atoms with Crippen LogP contribution in [-0.2, 0) is 0 Å². The summed E-state index contributed by atoms with van der Waals surface area (Å²) < 4.78 is 6.72. The molecule has 24 heavy (non-hydrogen) atoms. The second kappa shape index (κ2) is 17.1. The van der Waals surface area contributed by atoms with Crippen molar-refractivity contribution in [1.29, 1.82) is 0 Å². The molecule has 0 aliphatic carbocycles. The number of hydrogen-bond acceptors (Lipinski definition) is 2. The van der Waals surface area contributed by atoms with Gasteiger partial charge >= 0.3 is 159 Å². The summed E-state index contributed by atoms with van der Waals surface area (Å²) >= 11 is -1.82. The zero-order chi connectivity index (χ0) is 18.1. The van der Waals surface area contributed by atoms with E-state index in [1.54, 1.807) is 17.7 Å². The van der Waals surface area contributed by atoms with Gasteiger partial charge in [-0.25, -0.2) is 0 Å². The number of unbranched alkanes of at least 4 members (excludes halogenated alkanes) is 4. The quantitative estimate of drug-likeness (QED) is 0.200. The molecule has 3 heteroatoms. The molecule has 0 aliphatic rings. The van der Waals surface area contributed by atoms with Crippen molar-refractivity contribution in [2.45, 2.75) is 96.3 Å². The molecule has 0 bridgehead atoms. The third kappa shape index (κ3) is 13.9. The Hall–Kier alpha value is 0.719. The molecule has 0 rings (SSSR count). The van der Waals surface area contributed by atoms with Gasteiger partial charge in [-0.15, -0.1) is 0 Å². The molecule has 0 amide bonds. The Kier molecular flexibility index (Phi) is 17.7. The van der Waals surface area contributed by atoms with Crippen LogP contribution in [0.3, 0.4) is 0 Å². The average molecular weight is 447 g/mol. The first-order valence-corrected chi connectivity index (χ1v) is 19.0. The molecule has 0 atom stereocenters. The van der Waals surface area contributed by atoms with Gasteiger partial charge in [0.25, 0.3) is 0 Å². The van der Waals surface area contributed by atoms with Crippen LogP contribution in [0.5, 0.6) is 0 Å². The molecule has 0 saturated heterocycles. The fourth-order valence-electron chi connectivity index (χ4n) is 3.80. The molecular formula is C21H48N2Sn. The van der Waals surface area contributed by atoms with Crippen LogP contribution in [0.1, 0.15) is 78.6 Å². The molecular weight excluding hydrogens is 399 g/mol. The van der Waals surface area contributed by atoms with Gasteiger partial charge in [-0.05, 0) is 0 Å². The van der Waals surface area contributed by atoms with Crippen molar-refractivity contribution in [2.75, 3.05) is 33.7 Å². The van der Waals surface area contributed by atoms with E-state index in [4.69, 9.17) is 0 Å². The van der Waals surface area contributed by atoms with Crippen LogP contribution in [-0.4, -0.2) is 57.0 Å². The van der Waals surface area contributed by atoms with Crippen LogP contribution in [0.15, 0.2) is 0 Å². The number of hydrogen-bond donors (Lipinski definition) is 1. The number of nitrogens with one attached hydrogen (secondary N) is 1. The summed E-state index contributed by atoms with van der Waals surface area (Å²) in [4.78, 5) is 2.28. The predicted octanol–water partition coefficient (Wildman–Crippen LogP) is 6.16. The van der Waals surface area contributed by atoms with Crippen LogP contribution in [0.2, 0.25) is 17.7 Å². The molecule has 2 nitrogen and oxygen atoms in total. The van der Waals surface area contributed by atoms with E-state index in [0.29, 0.717) is 0 Å². The van der Waals surface area contributed by atoms with Crippen LogP contribution in [0, 0.1) is 0 Å². The zero-order valence-electron chi connectivity index (χ0n) is 17.8. The first kappa shape index (κ1) is 24.7. The van der Waals surface area contributed by atoms with Crippen LogP contribution in [0.4, 0.5) is 0 Å². The van der Waals surface area contributed by atoms with Crippen molar-refractivity contribution in [3.05, 3.63) is 0 Å². The van der Waals surface area contributed by atoms with Gasteiger partial charge in [0.1, 0.15) is 0 Å². The van der Waals surface area contributed by atoms with Gasteiger partial charge in [-0.3, -0.25) is 0 Å². The molecule has 0 aromatic rings. The van der Waals surface area contributed by atoms with Crippen molar-refractivity contribution in [1.82, 2.24) is 10.2 Å². The molecule has 0 heterocycles. The summed E-state index contributed by atoms with van der Waals surface area (Å²) in [5.41, 5.74) is 0. The average Bonchev–Trinajstić information content (AvgIpc) is 2.57. The third-order valence-corrected chi connectivity index (χ3v) is 21.6. The maximum absolute atomic E-state index is 3.65.